The van der Waals surface area contributed by atoms with Gasteiger partial charge in [0.1, 0.15) is 5.82 Å². The van der Waals surface area contributed by atoms with Crippen molar-refractivity contribution in [1.82, 2.24) is 14.5 Å². The standard InChI is InChI=1S/C44H29N3/c1-2-12-33(13-3-1)47-41-21-11-10-20-40(41)46-44(47)39-19-9-8-18-38(39)43-36-16-6-4-14-34(36)42(35-15-5-7-17-37(35)43)32-24-22-30(23-25-32)31-26-28-45-29-27-31/h1-29H/i1D,2D,3D,12D,13D. The molecule has 0 radical (unpaired) electrons. The van der Waals surface area contributed by atoms with E-state index in [1.54, 1.807) is 17.0 Å². The summed E-state index contributed by atoms with van der Waals surface area (Å²) in [7, 11) is 0. The van der Waals surface area contributed by atoms with E-state index in [1.165, 1.54) is 0 Å². The van der Waals surface area contributed by atoms with Crippen LogP contribution in [0.2, 0.25) is 0 Å². The van der Waals surface area contributed by atoms with E-state index in [2.05, 4.69) is 83.8 Å². The monoisotopic (exact) mass is 604 g/mol. The summed E-state index contributed by atoms with van der Waals surface area (Å²) in [5.41, 5.74) is 8.54. The summed E-state index contributed by atoms with van der Waals surface area (Å²) in [5, 5.41) is 4.32. The SMILES string of the molecule is [2H]c1c([2H])c([2H])c(-n2c(-c3ccccc3-c3c4ccccc4c(-c4ccc(-c5ccncc5)cc4)c4ccccc34)nc3ccccc32)c([2H])c1[2H]. The van der Waals surface area contributed by atoms with Crippen LogP contribution in [-0.4, -0.2) is 14.5 Å². The zero-order chi connectivity index (χ0) is 35.5. The first-order chi connectivity index (χ1) is 25.4. The molecule has 0 aliphatic carbocycles. The fourth-order valence-corrected chi connectivity index (χ4v) is 6.79. The van der Waals surface area contributed by atoms with Gasteiger partial charge in [-0.05, 0) is 91.3 Å². The molecule has 0 fully saturated rings. The maximum Gasteiger partial charge on any atom is 0.146 e. The molecule has 0 amide bonds. The van der Waals surface area contributed by atoms with Crippen LogP contribution in [0.5, 0.6) is 0 Å². The molecule has 9 aromatic rings. The second-order valence-electron chi connectivity index (χ2n) is 11.4. The number of nitrogens with zero attached hydrogens (tertiary/aromatic N) is 3. The van der Waals surface area contributed by atoms with Gasteiger partial charge in [0.05, 0.1) is 17.9 Å². The molecule has 220 valence electrons. The van der Waals surface area contributed by atoms with Crippen LogP contribution in [0.4, 0.5) is 0 Å². The second-order valence-corrected chi connectivity index (χ2v) is 11.4. The first kappa shape index (κ1) is 22.2. The highest BCUT2D eigenvalue weighted by Gasteiger charge is 2.22. The largest absolute Gasteiger partial charge is 0.292 e. The molecule has 0 N–H and O–H groups in total. The van der Waals surface area contributed by atoms with Gasteiger partial charge < -0.3 is 0 Å². The van der Waals surface area contributed by atoms with E-state index in [-0.39, 0.29) is 17.8 Å². The predicted octanol–water partition coefficient (Wildman–Crippen LogP) is 11.4. The molecule has 3 nitrogen and oxygen atoms in total. The normalized spacial score (nSPS) is 12.9. The van der Waals surface area contributed by atoms with E-state index in [4.69, 9.17) is 11.8 Å². The molecule has 9 rings (SSSR count). The van der Waals surface area contributed by atoms with Crippen molar-refractivity contribution < 1.29 is 6.85 Å². The number of hydrogen-bond donors (Lipinski definition) is 0. The number of fused-ring (bicyclic) bond motifs is 3. The zero-order valence-corrected chi connectivity index (χ0v) is 25.2. The molecule has 0 aliphatic heterocycles. The van der Waals surface area contributed by atoms with Gasteiger partial charge in [-0.1, -0.05) is 127 Å². The van der Waals surface area contributed by atoms with Crippen LogP contribution in [0.3, 0.4) is 0 Å². The number of aromatic nitrogens is 3. The number of hydrogen-bond acceptors (Lipinski definition) is 2. The Morgan fingerprint density at radius 1 is 0.468 bits per heavy atom. The number of imidazole rings is 1. The fourth-order valence-electron chi connectivity index (χ4n) is 6.79. The van der Waals surface area contributed by atoms with Crippen molar-refractivity contribution in [3.8, 4) is 50.5 Å². The average molecular weight is 605 g/mol. The molecule has 2 heterocycles. The summed E-state index contributed by atoms with van der Waals surface area (Å²) in [6.07, 6.45) is 3.61. The van der Waals surface area contributed by atoms with Crippen LogP contribution in [0.1, 0.15) is 6.85 Å². The Balaban J connectivity index is 1.33. The van der Waals surface area contributed by atoms with E-state index in [9.17, 15) is 0 Å². The lowest BCUT2D eigenvalue weighted by molar-refractivity contribution is 1.10. The highest BCUT2D eigenvalue weighted by Crippen LogP contribution is 2.46. The smallest absolute Gasteiger partial charge is 0.146 e. The van der Waals surface area contributed by atoms with E-state index >= 15 is 0 Å². The van der Waals surface area contributed by atoms with Crippen molar-refractivity contribution in [1.29, 1.82) is 0 Å². The highest BCUT2D eigenvalue weighted by molar-refractivity contribution is 6.22. The van der Waals surface area contributed by atoms with E-state index in [0.717, 1.165) is 60.5 Å². The molecule has 47 heavy (non-hydrogen) atoms. The summed E-state index contributed by atoms with van der Waals surface area (Å²) in [6.45, 7) is 0. The molecule has 2 aromatic heterocycles. The molecule has 7 aromatic carbocycles. The summed E-state index contributed by atoms with van der Waals surface area (Å²) in [5.74, 6) is 0.485. The molecule has 0 bridgehead atoms. The van der Waals surface area contributed by atoms with Crippen molar-refractivity contribution in [3.63, 3.8) is 0 Å². The quantitative estimate of drug-likeness (QED) is 0.183. The Hall–Kier alpha value is -6.32. The zero-order valence-electron chi connectivity index (χ0n) is 30.2. The fraction of sp³-hybridized carbons (Fsp3) is 0. The Kier molecular flexibility index (Phi) is 5.32. The summed E-state index contributed by atoms with van der Waals surface area (Å²) in [4.78, 5) is 9.26. The van der Waals surface area contributed by atoms with Gasteiger partial charge in [-0.3, -0.25) is 9.55 Å². The maximum absolute atomic E-state index is 8.92. The van der Waals surface area contributed by atoms with E-state index < -0.39 is 18.1 Å². The Morgan fingerprint density at radius 3 is 1.68 bits per heavy atom. The molecule has 0 unspecified atom stereocenters. The minimum absolute atomic E-state index is 0.0600. The average Bonchev–Trinajstić information content (AvgIpc) is 3.58. The minimum atomic E-state index is -0.435. The predicted molar refractivity (Wildman–Crippen MR) is 196 cm³/mol. The van der Waals surface area contributed by atoms with Crippen LogP contribution in [-0.2, 0) is 0 Å². The number of benzene rings is 7. The van der Waals surface area contributed by atoms with E-state index in [0.29, 0.717) is 16.9 Å². The van der Waals surface area contributed by atoms with Crippen molar-refractivity contribution >= 4 is 32.6 Å². The van der Waals surface area contributed by atoms with Gasteiger partial charge in [0.2, 0.25) is 0 Å². The van der Waals surface area contributed by atoms with Crippen molar-refractivity contribution in [3.05, 3.63) is 176 Å². The molecular weight excluding hydrogens is 571 g/mol. The first-order valence-corrected chi connectivity index (χ1v) is 15.5. The van der Waals surface area contributed by atoms with E-state index in [1.807, 2.05) is 54.6 Å². The third kappa shape index (κ3) is 4.52. The third-order valence-electron chi connectivity index (χ3n) is 8.83. The van der Waals surface area contributed by atoms with Gasteiger partial charge in [0.25, 0.3) is 0 Å². The lowest BCUT2D eigenvalue weighted by atomic mass is 9.84. The highest BCUT2D eigenvalue weighted by atomic mass is 15.1. The molecular formula is C44H29N3. The molecule has 3 heteroatoms. The molecule has 0 aliphatic rings. The van der Waals surface area contributed by atoms with Crippen LogP contribution in [0, 0.1) is 0 Å². The molecule has 0 saturated heterocycles. The summed E-state index contributed by atoms with van der Waals surface area (Å²) < 4.78 is 44.8. The Labute approximate surface area is 280 Å². The Morgan fingerprint density at radius 2 is 1.00 bits per heavy atom. The number of para-hydroxylation sites is 3. The molecule has 0 spiro atoms. The van der Waals surface area contributed by atoms with Crippen LogP contribution >= 0.6 is 0 Å². The number of pyridine rings is 1. The van der Waals surface area contributed by atoms with Gasteiger partial charge in [-0.15, -0.1) is 0 Å². The van der Waals surface area contributed by atoms with Gasteiger partial charge in [-0.25, -0.2) is 4.98 Å². The number of rotatable bonds is 5. The first-order valence-electron chi connectivity index (χ1n) is 18.0. The third-order valence-corrected chi connectivity index (χ3v) is 8.83. The van der Waals surface area contributed by atoms with Crippen molar-refractivity contribution in [2.45, 2.75) is 0 Å². The summed E-state index contributed by atoms with van der Waals surface area (Å²) >= 11 is 0. The second kappa shape index (κ2) is 11.2. The molecule has 0 saturated carbocycles. The topological polar surface area (TPSA) is 30.7 Å². The lowest BCUT2D eigenvalue weighted by Gasteiger charge is -2.20. The van der Waals surface area contributed by atoms with Crippen molar-refractivity contribution in [2.75, 3.05) is 0 Å². The van der Waals surface area contributed by atoms with Gasteiger partial charge >= 0.3 is 0 Å². The Bertz CT molecular complexity index is 2760. The van der Waals surface area contributed by atoms with Gasteiger partial charge in [0.15, 0.2) is 0 Å². The summed E-state index contributed by atoms with van der Waals surface area (Å²) in [6, 6.07) is 43.3. The molecule has 0 atom stereocenters. The van der Waals surface area contributed by atoms with Gasteiger partial charge in [0, 0.05) is 23.6 Å². The minimum Gasteiger partial charge on any atom is -0.292 e. The van der Waals surface area contributed by atoms with Crippen molar-refractivity contribution in [2.24, 2.45) is 0 Å². The van der Waals surface area contributed by atoms with Crippen LogP contribution < -0.4 is 0 Å². The van der Waals surface area contributed by atoms with Crippen LogP contribution in [0.25, 0.3) is 83.0 Å². The van der Waals surface area contributed by atoms with Crippen LogP contribution in [0.15, 0.2) is 176 Å². The maximum atomic E-state index is 8.92. The lowest BCUT2D eigenvalue weighted by Crippen LogP contribution is -1.99. The van der Waals surface area contributed by atoms with Gasteiger partial charge in [-0.2, -0.15) is 0 Å².